The summed E-state index contributed by atoms with van der Waals surface area (Å²) >= 11 is 1.79. The summed E-state index contributed by atoms with van der Waals surface area (Å²) in [6.45, 7) is 0.908. The Hall–Kier alpha value is -1.41. The van der Waals surface area contributed by atoms with Crippen LogP contribution in [0.1, 0.15) is 29.5 Å². The first-order valence-corrected chi connectivity index (χ1v) is 8.57. The Morgan fingerprint density at radius 1 is 1.00 bits per heavy atom. The van der Waals surface area contributed by atoms with Crippen molar-refractivity contribution in [2.24, 2.45) is 0 Å². The molecule has 2 heteroatoms. The summed E-state index contributed by atoms with van der Waals surface area (Å²) in [7, 11) is 0. The fourth-order valence-electron chi connectivity index (χ4n) is 2.89. The van der Waals surface area contributed by atoms with E-state index in [4.69, 9.17) is 0 Å². The van der Waals surface area contributed by atoms with Gasteiger partial charge in [0.15, 0.2) is 0 Å². The molecule has 1 N–H and O–H groups in total. The van der Waals surface area contributed by atoms with Crippen LogP contribution in [0.2, 0.25) is 0 Å². The molecule has 3 rings (SSSR count). The normalized spacial score (nSPS) is 13.8. The largest absolute Gasteiger partial charge is 0.381 e. The molecular formula is C18H21NS. The maximum atomic E-state index is 3.62. The molecule has 1 nitrogen and oxygen atoms in total. The first kappa shape index (κ1) is 13.6. The molecule has 2 aromatic carbocycles. The highest BCUT2D eigenvalue weighted by Crippen LogP contribution is 2.28. The van der Waals surface area contributed by atoms with E-state index in [1.807, 2.05) is 0 Å². The molecule has 0 aromatic heterocycles. The van der Waals surface area contributed by atoms with E-state index in [2.05, 4.69) is 54.0 Å². The van der Waals surface area contributed by atoms with E-state index < -0.39 is 0 Å². The van der Waals surface area contributed by atoms with Gasteiger partial charge in [0, 0.05) is 17.1 Å². The molecule has 0 aliphatic heterocycles. The molecule has 0 saturated carbocycles. The molecule has 0 fully saturated rings. The van der Waals surface area contributed by atoms with Crippen LogP contribution in [0.3, 0.4) is 0 Å². The topological polar surface area (TPSA) is 12.0 Å². The fourth-order valence-corrected chi connectivity index (χ4v) is 3.30. The SMILES string of the molecule is CSc1ccc(CNc2cccc3c2CCCC3)cc1. The predicted molar refractivity (Wildman–Crippen MR) is 88.6 cm³/mol. The minimum Gasteiger partial charge on any atom is -0.381 e. The molecule has 0 radical (unpaired) electrons. The van der Waals surface area contributed by atoms with Crippen molar-refractivity contribution in [2.75, 3.05) is 11.6 Å². The maximum absolute atomic E-state index is 3.62. The van der Waals surface area contributed by atoms with Gasteiger partial charge in [-0.15, -0.1) is 11.8 Å². The Balaban J connectivity index is 1.71. The van der Waals surface area contributed by atoms with Crippen LogP contribution in [0.4, 0.5) is 5.69 Å². The van der Waals surface area contributed by atoms with Crippen LogP contribution >= 0.6 is 11.8 Å². The second-order valence-electron chi connectivity index (χ2n) is 5.35. The fraction of sp³-hybridized carbons (Fsp3) is 0.333. The van der Waals surface area contributed by atoms with E-state index >= 15 is 0 Å². The van der Waals surface area contributed by atoms with Gasteiger partial charge < -0.3 is 5.32 Å². The maximum Gasteiger partial charge on any atom is 0.0400 e. The van der Waals surface area contributed by atoms with E-state index in [0.717, 1.165) is 6.54 Å². The molecule has 0 bridgehead atoms. The van der Waals surface area contributed by atoms with Gasteiger partial charge in [0.05, 0.1) is 0 Å². The Labute approximate surface area is 125 Å². The number of thioether (sulfide) groups is 1. The van der Waals surface area contributed by atoms with Gasteiger partial charge >= 0.3 is 0 Å². The molecule has 104 valence electrons. The third-order valence-electron chi connectivity index (χ3n) is 4.04. The molecule has 0 amide bonds. The lowest BCUT2D eigenvalue weighted by atomic mass is 9.90. The zero-order valence-corrected chi connectivity index (χ0v) is 12.8. The van der Waals surface area contributed by atoms with E-state index in [-0.39, 0.29) is 0 Å². The Morgan fingerprint density at radius 3 is 2.60 bits per heavy atom. The highest BCUT2D eigenvalue weighted by Gasteiger charge is 2.12. The van der Waals surface area contributed by atoms with E-state index in [1.54, 1.807) is 22.9 Å². The Morgan fingerprint density at radius 2 is 1.80 bits per heavy atom. The summed E-state index contributed by atoms with van der Waals surface area (Å²) in [6, 6.07) is 15.5. The number of aryl methyl sites for hydroxylation is 1. The van der Waals surface area contributed by atoms with Crippen LogP contribution < -0.4 is 5.32 Å². The highest BCUT2D eigenvalue weighted by molar-refractivity contribution is 7.98. The van der Waals surface area contributed by atoms with Crippen molar-refractivity contribution in [1.29, 1.82) is 0 Å². The third-order valence-corrected chi connectivity index (χ3v) is 4.78. The zero-order chi connectivity index (χ0) is 13.8. The average molecular weight is 283 g/mol. The molecular weight excluding hydrogens is 262 g/mol. The van der Waals surface area contributed by atoms with Crippen molar-refractivity contribution in [3.8, 4) is 0 Å². The highest BCUT2D eigenvalue weighted by atomic mass is 32.2. The van der Waals surface area contributed by atoms with Crippen molar-refractivity contribution in [3.05, 3.63) is 59.2 Å². The van der Waals surface area contributed by atoms with Crippen LogP contribution in [0, 0.1) is 0 Å². The zero-order valence-electron chi connectivity index (χ0n) is 12.0. The molecule has 2 aromatic rings. The van der Waals surface area contributed by atoms with Crippen molar-refractivity contribution in [2.45, 2.75) is 37.1 Å². The minimum atomic E-state index is 0.908. The molecule has 0 spiro atoms. The Bertz CT molecular complexity index is 574. The Kier molecular flexibility index (Phi) is 4.31. The van der Waals surface area contributed by atoms with Gasteiger partial charge in [0.25, 0.3) is 0 Å². The average Bonchev–Trinajstić information content (AvgIpc) is 2.53. The van der Waals surface area contributed by atoms with E-state index in [1.165, 1.54) is 41.8 Å². The predicted octanol–water partition coefficient (Wildman–Crippen LogP) is 4.90. The van der Waals surface area contributed by atoms with Crippen LogP contribution in [-0.2, 0) is 19.4 Å². The molecule has 0 unspecified atom stereocenters. The van der Waals surface area contributed by atoms with Crippen molar-refractivity contribution in [3.63, 3.8) is 0 Å². The van der Waals surface area contributed by atoms with Crippen LogP contribution in [0.25, 0.3) is 0 Å². The number of rotatable bonds is 4. The summed E-state index contributed by atoms with van der Waals surface area (Å²) < 4.78 is 0. The standard InChI is InChI=1S/C18H21NS/c1-20-16-11-9-14(10-12-16)13-19-18-8-4-6-15-5-2-3-7-17(15)18/h4,6,8-12,19H,2-3,5,7,13H2,1H3. The van der Waals surface area contributed by atoms with Gasteiger partial charge in [0.1, 0.15) is 0 Å². The van der Waals surface area contributed by atoms with Gasteiger partial charge in [-0.05, 0) is 66.8 Å². The van der Waals surface area contributed by atoms with Crippen molar-refractivity contribution < 1.29 is 0 Å². The lowest BCUT2D eigenvalue weighted by Gasteiger charge is -2.20. The second kappa shape index (κ2) is 6.36. The van der Waals surface area contributed by atoms with Gasteiger partial charge in [-0.3, -0.25) is 0 Å². The summed E-state index contributed by atoms with van der Waals surface area (Å²) in [5.74, 6) is 0. The van der Waals surface area contributed by atoms with Crippen molar-refractivity contribution >= 4 is 17.4 Å². The molecule has 1 aliphatic rings. The van der Waals surface area contributed by atoms with Gasteiger partial charge in [-0.2, -0.15) is 0 Å². The summed E-state index contributed by atoms with van der Waals surface area (Å²) in [5, 5.41) is 3.62. The van der Waals surface area contributed by atoms with Gasteiger partial charge in [-0.25, -0.2) is 0 Å². The minimum absolute atomic E-state index is 0.908. The molecule has 1 aliphatic carbocycles. The second-order valence-corrected chi connectivity index (χ2v) is 6.23. The number of fused-ring (bicyclic) bond motifs is 1. The van der Waals surface area contributed by atoms with Gasteiger partial charge in [0.2, 0.25) is 0 Å². The first-order chi connectivity index (χ1) is 9.86. The number of hydrogen-bond acceptors (Lipinski definition) is 2. The van der Waals surface area contributed by atoms with E-state index in [0.29, 0.717) is 0 Å². The first-order valence-electron chi connectivity index (χ1n) is 7.34. The van der Waals surface area contributed by atoms with Crippen molar-refractivity contribution in [1.82, 2.24) is 0 Å². The lowest BCUT2D eigenvalue weighted by Crippen LogP contribution is -2.08. The summed E-state index contributed by atoms with van der Waals surface area (Å²) in [6.07, 6.45) is 7.25. The number of benzene rings is 2. The van der Waals surface area contributed by atoms with Gasteiger partial charge in [-0.1, -0.05) is 24.3 Å². The molecule has 0 saturated heterocycles. The molecule has 0 atom stereocenters. The summed E-state index contributed by atoms with van der Waals surface area (Å²) in [4.78, 5) is 1.32. The number of hydrogen-bond donors (Lipinski definition) is 1. The quantitative estimate of drug-likeness (QED) is 0.801. The smallest absolute Gasteiger partial charge is 0.0400 e. The van der Waals surface area contributed by atoms with Crippen LogP contribution in [-0.4, -0.2) is 6.26 Å². The van der Waals surface area contributed by atoms with Crippen LogP contribution in [0.15, 0.2) is 47.4 Å². The van der Waals surface area contributed by atoms with E-state index in [9.17, 15) is 0 Å². The summed E-state index contributed by atoms with van der Waals surface area (Å²) in [5.41, 5.74) is 5.76. The molecule has 20 heavy (non-hydrogen) atoms. The lowest BCUT2D eigenvalue weighted by molar-refractivity contribution is 0.686. The number of nitrogens with one attached hydrogen (secondary N) is 1. The number of anilines is 1. The third kappa shape index (κ3) is 3.01. The van der Waals surface area contributed by atoms with Crippen LogP contribution in [0.5, 0.6) is 0 Å². The molecule has 0 heterocycles. The monoisotopic (exact) mass is 283 g/mol.